The molecule has 0 fully saturated rings. The molecule has 0 spiro atoms. The number of benzene rings is 1. The number of carboxylic acids is 1. The number of nitrogens with zero attached hydrogens (tertiary/aromatic N) is 1. The van der Waals surface area contributed by atoms with Gasteiger partial charge in [-0.1, -0.05) is 12.1 Å². The van der Waals surface area contributed by atoms with Crippen molar-refractivity contribution in [3.63, 3.8) is 0 Å². The zero-order chi connectivity index (χ0) is 13.2. The second kappa shape index (κ2) is 4.45. The summed E-state index contributed by atoms with van der Waals surface area (Å²) in [6.45, 7) is 5.36. The number of carbonyl (C=O) groups is 2. The number of primary amides is 1. The number of amides is 2. The third-order valence-corrected chi connectivity index (χ3v) is 2.27. The fourth-order valence-electron chi connectivity index (χ4n) is 1.66. The van der Waals surface area contributed by atoms with Gasteiger partial charge in [-0.05, 0) is 32.9 Å². The van der Waals surface area contributed by atoms with E-state index in [9.17, 15) is 9.59 Å². The molecule has 1 rings (SSSR count). The van der Waals surface area contributed by atoms with Gasteiger partial charge in [-0.15, -0.1) is 0 Å². The highest BCUT2D eigenvalue weighted by Gasteiger charge is 2.29. The van der Waals surface area contributed by atoms with Gasteiger partial charge in [0.05, 0.1) is 11.3 Å². The first kappa shape index (κ1) is 13.0. The Balaban J connectivity index is 3.39. The average molecular weight is 236 g/mol. The van der Waals surface area contributed by atoms with Crippen LogP contribution in [0.4, 0.5) is 10.5 Å². The molecule has 0 atom stereocenters. The second-order valence-corrected chi connectivity index (χ2v) is 4.67. The van der Waals surface area contributed by atoms with Crippen molar-refractivity contribution >= 4 is 17.7 Å². The quantitative estimate of drug-likeness (QED) is 0.824. The number of rotatable bonds is 2. The van der Waals surface area contributed by atoms with Crippen LogP contribution in [0.15, 0.2) is 24.3 Å². The van der Waals surface area contributed by atoms with Crippen LogP contribution < -0.4 is 10.6 Å². The summed E-state index contributed by atoms with van der Waals surface area (Å²) in [4.78, 5) is 23.8. The maximum absolute atomic E-state index is 11.5. The van der Waals surface area contributed by atoms with E-state index >= 15 is 0 Å². The van der Waals surface area contributed by atoms with Crippen molar-refractivity contribution in [1.82, 2.24) is 0 Å². The summed E-state index contributed by atoms with van der Waals surface area (Å²) in [6.07, 6.45) is 0. The summed E-state index contributed by atoms with van der Waals surface area (Å²) in [5, 5.41) is 9.08. The van der Waals surface area contributed by atoms with Crippen molar-refractivity contribution in [3.05, 3.63) is 29.8 Å². The molecule has 2 amide bonds. The summed E-state index contributed by atoms with van der Waals surface area (Å²) in [5.74, 6) is -1.09. The Kier molecular flexibility index (Phi) is 3.41. The molecule has 0 bridgehead atoms. The molecule has 5 heteroatoms. The van der Waals surface area contributed by atoms with Crippen LogP contribution in [-0.2, 0) is 0 Å². The molecule has 17 heavy (non-hydrogen) atoms. The van der Waals surface area contributed by atoms with Crippen molar-refractivity contribution in [2.45, 2.75) is 26.3 Å². The lowest BCUT2D eigenvalue weighted by Crippen LogP contribution is -2.49. The van der Waals surface area contributed by atoms with E-state index in [-0.39, 0.29) is 5.56 Å². The van der Waals surface area contributed by atoms with Gasteiger partial charge < -0.3 is 10.8 Å². The average Bonchev–Trinajstić information content (AvgIpc) is 2.15. The van der Waals surface area contributed by atoms with Crippen molar-refractivity contribution in [2.75, 3.05) is 4.90 Å². The fraction of sp³-hybridized carbons (Fsp3) is 0.333. The molecule has 0 aromatic heterocycles. The number of anilines is 1. The van der Waals surface area contributed by atoms with Crippen molar-refractivity contribution in [2.24, 2.45) is 5.73 Å². The van der Waals surface area contributed by atoms with Crippen LogP contribution in [0.2, 0.25) is 0 Å². The van der Waals surface area contributed by atoms with E-state index in [1.54, 1.807) is 39.0 Å². The largest absolute Gasteiger partial charge is 0.478 e. The van der Waals surface area contributed by atoms with E-state index < -0.39 is 17.5 Å². The topological polar surface area (TPSA) is 83.6 Å². The Morgan fingerprint density at radius 1 is 1.24 bits per heavy atom. The number of hydrogen-bond donors (Lipinski definition) is 2. The van der Waals surface area contributed by atoms with E-state index in [0.29, 0.717) is 5.69 Å². The van der Waals surface area contributed by atoms with Crippen LogP contribution in [0.25, 0.3) is 0 Å². The van der Waals surface area contributed by atoms with Crippen LogP contribution in [-0.4, -0.2) is 22.6 Å². The maximum Gasteiger partial charge on any atom is 0.337 e. The zero-order valence-corrected chi connectivity index (χ0v) is 10.1. The summed E-state index contributed by atoms with van der Waals surface area (Å²) in [6, 6.07) is 5.61. The Morgan fingerprint density at radius 3 is 2.18 bits per heavy atom. The molecule has 3 N–H and O–H groups in total. The Labute approximate surface area is 99.8 Å². The SMILES string of the molecule is CC(C)(C)N(C(N)=O)c1ccccc1C(=O)O. The summed E-state index contributed by atoms with van der Waals surface area (Å²) >= 11 is 0. The summed E-state index contributed by atoms with van der Waals surface area (Å²) < 4.78 is 0. The van der Waals surface area contributed by atoms with Crippen LogP contribution in [0.3, 0.4) is 0 Å². The van der Waals surface area contributed by atoms with Gasteiger partial charge in [-0.3, -0.25) is 4.90 Å². The number of para-hydroxylation sites is 1. The van der Waals surface area contributed by atoms with E-state index in [2.05, 4.69) is 0 Å². The van der Waals surface area contributed by atoms with Gasteiger partial charge in [0.1, 0.15) is 0 Å². The van der Waals surface area contributed by atoms with Crippen LogP contribution >= 0.6 is 0 Å². The smallest absolute Gasteiger partial charge is 0.337 e. The standard InChI is InChI=1S/C12H16N2O3/c1-12(2,3)14(11(13)17)9-7-5-4-6-8(9)10(15)16/h4-7H,1-3H3,(H2,13,17)(H,15,16). The molecule has 1 aromatic carbocycles. The minimum absolute atomic E-state index is 0.0567. The molecular weight excluding hydrogens is 220 g/mol. The molecule has 0 saturated heterocycles. The Morgan fingerprint density at radius 2 is 1.76 bits per heavy atom. The van der Waals surface area contributed by atoms with Gasteiger partial charge in [-0.25, -0.2) is 9.59 Å². The highest BCUT2D eigenvalue weighted by atomic mass is 16.4. The highest BCUT2D eigenvalue weighted by Crippen LogP contribution is 2.27. The maximum atomic E-state index is 11.5. The number of nitrogens with two attached hydrogens (primary N) is 1. The predicted molar refractivity (Wildman–Crippen MR) is 65.2 cm³/mol. The van der Waals surface area contributed by atoms with Gasteiger partial charge >= 0.3 is 12.0 Å². The lowest BCUT2D eigenvalue weighted by atomic mass is 10.0. The highest BCUT2D eigenvalue weighted by molar-refractivity contribution is 6.01. The van der Waals surface area contributed by atoms with Crippen LogP contribution in [0.1, 0.15) is 31.1 Å². The van der Waals surface area contributed by atoms with Gasteiger partial charge in [0, 0.05) is 5.54 Å². The van der Waals surface area contributed by atoms with Gasteiger partial charge in [-0.2, -0.15) is 0 Å². The molecule has 0 radical (unpaired) electrons. The summed E-state index contributed by atoms with van der Waals surface area (Å²) in [5.41, 5.74) is 5.09. The lowest BCUT2D eigenvalue weighted by molar-refractivity contribution is 0.0697. The Bertz CT molecular complexity index is 449. The number of carbonyl (C=O) groups excluding carboxylic acids is 1. The molecule has 0 aliphatic heterocycles. The number of aromatic carboxylic acids is 1. The molecule has 5 nitrogen and oxygen atoms in total. The van der Waals surface area contributed by atoms with Crippen molar-refractivity contribution in [1.29, 1.82) is 0 Å². The first-order valence-electron chi connectivity index (χ1n) is 5.17. The van der Waals surface area contributed by atoms with Gasteiger partial charge in [0.2, 0.25) is 0 Å². The molecule has 0 unspecified atom stereocenters. The second-order valence-electron chi connectivity index (χ2n) is 4.67. The monoisotopic (exact) mass is 236 g/mol. The van der Waals surface area contributed by atoms with Gasteiger partial charge in [0.25, 0.3) is 0 Å². The van der Waals surface area contributed by atoms with Gasteiger partial charge in [0.15, 0.2) is 0 Å². The minimum atomic E-state index is -1.09. The van der Waals surface area contributed by atoms with E-state index in [4.69, 9.17) is 10.8 Å². The lowest BCUT2D eigenvalue weighted by Gasteiger charge is -2.34. The third-order valence-electron chi connectivity index (χ3n) is 2.27. The fourth-order valence-corrected chi connectivity index (χ4v) is 1.66. The molecule has 0 aliphatic carbocycles. The molecule has 0 aliphatic rings. The van der Waals surface area contributed by atoms with E-state index in [1.165, 1.54) is 11.0 Å². The van der Waals surface area contributed by atoms with Crippen LogP contribution in [0.5, 0.6) is 0 Å². The van der Waals surface area contributed by atoms with Crippen molar-refractivity contribution in [3.8, 4) is 0 Å². The number of carboxylic acid groups (broad SMARTS) is 1. The first-order valence-corrected chi connectivity index (χ1v) is 5.17. The number of urea groups is 1. The molecule has 92 valence electrons. The van der Waals surface area contributed by atoms with E-state index in [0.717, 1.165) is 0 Å². The Hall–Kier alpha value is -2.04. The molecule has 1 aromatic rings. The van der Waals surface area contributed by atoms with Crippen molar-refractivity contribution < 1.29 is 14.7 Å². The summed E-state index contributed by atoms with van der Waals surface area (Å²) in [7, 11) is 0. The number of hydrogen-bond acceptors (Lipinski definition) is 2. The molecule has 0 saturated carbocycles. The predicted octanol–water partition coefficient (Wildman–Crippen LogP) is 2.07. The molecule has 0 heterocycles. The van der Waals surface area contributed by atoms with Crippen LogP contribution in [0, 0.1) is 0 Å². The molecular formula is C12H16N2O3. The minimum Gasteiger partial charge on any atom is -0.478 e. The normalized spacial score (nSPS) is 11.0. The van der Waals surface area contributed by atoms with E-state index in [1.807, 2.05) is 0 Å². The first-order chi connectivity index (χ1) is 7.75. The zero-order valence-electron chi connectivity index (χ0n) is 10.1. The third kappa shape index (κ3) is 2.75.